The molecule has 0 bridgehead atoms. The fourth-order valence-electron chi connectivity index (χ4n) is 2.33. The van der Waals surface area contributed by atoms with E-state index < -0.39 is 18.0 Å². The van der Waals surface area contributed by atoms with Crippen molar-refractivity contribution < 1.29 is 23.8 Å². The number of ether oxygens (including phenoxy) is 3. The molecule has 6 heteroatoms. The minimum atomic E-state index is -1.17. The summed E-state index contributed by atoms with van der Waals surface area (Å²) in [6.45, 7) is 2.48. The van der Waals surface area contributed by atoms with Crippen LogP contribution in [-0.2, 0) is 23.8 Å². The summed E-state index contributed by atoms with van der Waals surface area (Å²) in [5, 5.41) is 0. The number of methoxy groups -OCH3 is 1. The molecule has 2 heterocycles. The number of amides is 1. The molecule has 0 aromatic carbocycles. The summed E-state index contributed by atoms with van der Waals surface area (Å²) in [7, 11) is 1.49. The largest absolute Gasteiger partial charge is 0.464 e. The zero-order chi connectivity index (χ0) is 12.5. The molecule has 0 saturated carbocycles. The molecule has 2 unspecified atom stereocenters. The summed E-state index contributed by atoms with van der Waals surface area (Å²) in [5.41, 5.74) is 0. The van der Waals surface area contributed by atoms with E-state index in [0.29, 0.717) is 13.0 Å². The van der Waals surface area contributed by atoms with Crippen molar-refractivity contribution in [1.82, 2.24) is 4.90 Å². The van der Waals surface area contributed by atoms with Crippen LogP contribution in [-0.4, -0.2) is 49.1 Å². The van der Waals surface area contributed by atoms with E-state index in [9.17, 15) is 9.59 Å². The molecule has 96 valence electrons. The Bertz CT molecular complexity index is 332. The minimum absolute atomic E-state index is 0.228. The van der Waals surface area contributed by atoms with Gasteiger partial charge >= 0.3 is 5.97 Å². The van der Waals surface area contributed by atoms with E-state index in [1.807, 2.05) is 0 Å². The van der Waals surface area contributed by atoms with Crippen molar-refractivity contribution >= 4 is 11.9 Å². The van der Waals surface area contributed by atoms with Gasteiger partial charge in [-0.1, -0.05) is 0 Å². The first kappa shape index (κ1) is 12.3. The summed E-state index contributed by atoms with van der Waals surface area (Å²) in [4.78, 5) is 25.1. The first-order valence-electron chi connectivity index (χ1n) is 5.85. The van der Waals surface area contributed by atoms with Crippen molar-refractivity contribution in [3.05, 3.63) is 0 Å². The van der Waals surface area contributed by atoms with Crippen LogP contribution in [0, 0.1) is 0 Å². The normalized spacial score (nSPS) is 32.5. The topological polar surface area (TPSA) is 65.1 Å². The molecule has 0 aromatic rings. The molecule has 6 nitrogen and oxygen atoms in total. The van der Waals surface area contributed by atoms with E-state index in [-0.39, 0.29) is 12.5 Å². The summed E-state index contributed by atoms with van der Waals surface area (Å²) < 4.78 is 15.6. The van der Waals surface area contributed by atoms with Gasteiger partial charge in [0.05, 0.1) is 6.61 Å². The van der Waals surface area contributed by atoms with Crippen LogP contribution < -0.4 is 0 Å². The lowest BCUT2D eigenvalue weighted by atomic mass is 10.1. The van der Waals surface area contributed by atoms with Crippen LogP contribution >= 0.6 is 0 Å². The maximum atomic E-state index is 12.0. The number of rotatable bonds is 3. The fraction of sp³-hybridized carbons (Fsp3) is 0.818. The van der Waals surface area contributed by atoms with E-state index >= 15 is 0 Å². The lowest BCUT2D eigenvalue weighted by Crippen LogP contribution is -2.51. The van der Waals surface area contributed by atoms with E-state index in [1.54, 1.807) is 6.92 Å². The number of hydrogen-bond donors (Lipinski definition) is 0. The number of piperidine rings is 1. The zero-order valence-corrected chi connectivity index (χ0v) is 10.1. The molecule has 1 amide bonds. The van der Waals surface area contributed by atoms with Crippen LogP contribution in [0.25, 0.3) is 0 Å². The van der Waals surface area contributed by atoms with Crippen LogP contribution in [0.4, 0.5) is 0 Å². The van der Waals surface area contributed by atoms with Gasteiger partial charge in [0.25, 0.3) is 11.8 Å². The highest BCUT2D eigenvalue weighted by molar-refractivity contribution is 6.02. The number of carbonyl (C=O) groups excluding carboxylic acids is 2. The number of nitrogens with zero attached hydrogens (tertiary/aromatic N) is 1. The van der Waals surface area contributed by atoms with Crippen molar-refractivity contribution in [2.45, 2.75) is 38.2 Å². The van der Waals surface area contributed by atoms with Gasteiger partial charge in [-0.2, -0.15) is 0 Å². The summed E-state index contributed by atoms with van der Waals surface area (Å²) >= 11 is 0. The van der Waals surface area contributed by atoms with Gasteiger partial charge in [0, 0.05) is 20.1 Å². The van der Waals surface area contributed by atoms with Crippen LogP contribution in [0.1, 0.15) is 26.2 Å². The predicted molar refractivity (Wildman–Crippen MR) is 56.8 cm³/mol. The Morgan fingerprint density at radius 3 is 2.94 bits per heavy atom. The van der Waals surface area contributed by atoms with Crippen molar-refractivity contribution in [2.24, 2.45) is 0 Å². The van der Waals surface area contributed by atoms with Gasteiger partial charge < -0.3 is 14.2 Å². The van der Waals surface area contributed by atoms with Crippen LogP contribution in [0.2, 0.25) is 0 Å². The first-order chi connectivity index (χ1) is 8.14. The van der Waals surface area contributed by atoms with Gasteiger partial charge in [-0.25, -0.2) is 4.79 Å². The van der Waals surface area contributed by atoms with Gasteiger partial charge in [0.15, 0.2) is 0 Å². The second kappa shape index (κ2) is 4.62. The Morgan fingerprint density at radius 2 is 2.35 bits per heavy atom. The SMILES string of the molecule is CCOC(=O)C1OC2(OC)CCCCN2C1=O. The monoisotopic (exact) mass is 243 g/mol. The van der Waals surface area contributed by atoms with Gasteiger partial charge in [-0.05, 0) is 19.8 Å². The van der Waals surface area contributed by atoms with Crippen molar-refractivity contribution in [1.29, 1.82) is 0 Å². The molecule has 2 aliphatic rings. The van der Waals surface area contributed by atoms with Crippen LogP contribution in [0.15, 0.2) is 0 Å². The van der Waals surface area contributed by atoms with Crippen LogP contribution in [0.3, 0.4) is 0 Å². The van der Waals surface area contributed by atoms with Gasteiger partial charge in [-0.3, -0.25) is 9.69 Å². The maximum Gasteiger partial charge on any atom is 0.345 e. The smallest absolute Gasteiger partial charge is 0.345 e. The molecule has 2 saturated heterocycles. The average molecular weight is 243 g/mol. The highest BCUT2D eigenvalue weighted by Crippen LogP contribution is 2.37. The molecule has 0 radical (unpaired) electrons. The number of esters is 1. The summed E-state index contributed by atoms with van der Waals surface area (Å²) in [6, 6.07) is 0. The first-order valence-corrected chi connectivity index (χ1v) is 5.85. The predicted octanol–water partition coefficient (Wildman–Crippen LogP) is 0.261. The number of fused-ring (bicyclic) bond motifs is 1. The standard InChI is InChI=1S/C11H17NO5/c1-3-16-10(14)8-9(13)12-7-5-4-6-11(12,15-2)17-8/h8H,3-7H2,1-2H3. The molecule has 2 fully saturated rings. The molecular weight excluding hydrogens is 226 g/mol. The lowest BCUT2D eigenvalue weighted by molar-refractivity contribution is -0.283. The Labute approximate surface area is 99.8 Å². The highest BCUT2D eigenvalue weighted by Gasteiger charge is 2.56. The fourth-order valence-corrected chi connectivity index (χ4v) is 2.33. The Morgan fingerprint density at radius 1 is 1.59 bits per heavy atom. The second-order valence-corrected chi connectivity index (χ2v) is 4.11. The average Bonchev–Trinajstić information content (AvgIpc) is 2.65. The second-order valence-electron chi connectivity index (χ2n) is 4.11. The lowest BCUT2D eigenvalue weighted by Gasteiger charge is -2.38. The summed E-state index contributed by atoms with van der Waals surface area (Å²) in [5.74, 6) is -2.06. The van der Waals surface area contributed by atoms with Crippen molar-refractivity contribution in [3.63, 3.8) is 0 Å². The third-order valence-electron chi connectivity index (χ3n) is 3.15. The molecule has 0 aromatic heterocycles. The molecule has 2 aliphatic heterocycles. The Balaban J connectivity index is 2.18. The number of hydrogen-bond acceptors (Lipinski definition) is 5. The molecule has 0 N–H and O–H groups in total. The van der Waals surface area contributed by atoms with Crippen molar-refractivity contribution in [2.75, 3.05) is 20.3 Å². The maximum absolute atomic E-state index is 12.0. The minimum Gasteiger partial charge on any atom is -0.464 e. The third kappa shape index (κ3) is 1.91. The molecule has 2 rings (SSSR count). The van der Waals surface area contributed by atoms with Gasteiger partial charge in [-0.15, -0.1) is 0 Å². The molecular formula is C11H17NO5. The van der Waals surface area contributed by atoms with Gasteiger partial charge in [0.1, 0.15) is 0 Å². The van der Waals surface area contributed by atoms with E-state index in [1.165, 1.54) is 12.0 Å². The highest BCUT2D eigenvalue weighted by atomic mass is 16.7. The summed E-state index contributed by atoms with van der Waals surface area (Å²) in [6.07, 6.45) is 1.22. The van der Waals surface area contributed by atoms with E-state index in [4.69, 9.17) is 14.2 Å². The molecule has 0 aliphatic carbocycles. The molecule has 17 heavy (non-hydrogen) atoms. The van der Waals surface area contributed by atoms with E-state index in [0.717, 1.165) is 12.8 Å². The zero-order valence-electron chi connectivity index (χ0n) is 10.1. The molecule has 0 spiro atoms. The Kier molecular flexibility index (Phi) is 3.35. The van der Waals surface area contributed by atoms with E-state index in [2.05, 4.69) is 0 Å². The Hall–Kier alpha value is -1.14. The van der Waals surface area contributed by atoms with Gasteiger partial charge in [0.2, 0.25) is 6.10 Å². The molecule has 2 atom stereocenters. The number of carbonyl (C=O) groups is 2. The van der Waals surface area contributed by atoms with Crippen molar-refractivity contribution in [3.8, 4) is 0 Å². The quantitative estimate of drug-likeness (QED) is 0.525. The third-order valence-corrected chi connectivity index (χ3v) is 3.15. The van der Waals surface area contributed by atoms with Crippen LogP contribution in [0.5, 0.6) is 0 Å².